The fourth-order valence-electron chi connectivity index (χ4n) is 3.97. The monoisotopic (exact) mass is 590 g/mol. The highest BCUT2D eigenvalue weighted by Gasteiger charge is 2.62. The number of carbonyl (C=O) groups excluding carboxylic acids is 1. The number of halogens is 7. The van der Waals surface area contributed by atoms with Crippen LogP contribution in [0.5, 0.6) is 0 Å². The molecule has 0 bridgehead atoms. The van der Waals surface area contributed by atoms with Gasteiger partial charge in [0.2, 0.25) is 0 Å². The fraction of sp³-hybridized carbons (Fsp3) is 0.200. The molecule has 0 saturated carbocycles. The standard InChI is InChI=1S/C25H17Cl2F5N2O3S/c1-13-7-14(3-5-19(13)23(35)34-38(2,36)22-6-4-18(28)11-20(22)29)21-12-24(37-33-21,25(30,31)32)15-8-16(26)10-17(27)9-15/h3-11H,12H2,1-2H3. The van der Waals surface area contributed by atoms with E-state index in [2.05, 4.69) is 9.52 Å². The molecule has 0 spiro atoms. The molecule has 3 aromatic rings. The van der Waals surface area contributed by atoms with Crippen molar-refractivity contribution in [3.8, 4) is 0 Å². The molecule has 13 heteroatoms. The van der Waals surface area contributed by atoms with E-state index in [1.165, 1.54) is 31.2 Å². The van der Waals surface area contributed by atoms with E-state index in [0.29, 0.717) is 6.07 Å². The molecule has 1 aliphatic rings. The molecule has 0 saturated heterocycles. The molecule has 5 nitrogen and oxygen atoms in total. The first-order valence-corrected chi connectivity index (χ1v) is 13.4. The number of carbonyl (C=O) groups is 1. The van der Waals surface area contributed by atoms with Gasteiger partial charge in [-0.15, -0.1) is 0 Å². The van der Waals surface area contributed by atoms with Crippen molar-refractivity contribution in [2.24, 2.45) is 9.52 Å². The number of aryl methyl sites for hydroxylation is 1. The molecule has 0 N–H and O–H groups in total. The third-order valence-corrected chi connectivity index (χ3v) is 7.96. The van der Waals surface area contributed by atoms with Crippen LogP contribution in [0.25, 0.3) is 0 Å². The summed E-state index contributed by atoms with van der Waals surface area (Å²) in [6, 6.07) is 9.86. The lowest BCUT2D eigenvalue weighted by molar-refractivity contribution is -0.275. The van der Waals surface area contributed by atoms with Crippen LogP contribution in [0.4, 0.5) is 22.0 Å². The SMILES string of the molecule is Cc1cc(C2=NOC(c3cc(Cl)cc(Cl)c3)(C(F)(F)F)C2)ccc1C(=O)N=S(C)(=O)c1ccc(F)cc1F. The Bertz CT molecular complexity index is 1600. The van der Waals surface area contributed by atoms with Crippen molar-refractivity contribution in [2.75, 3.05) is 6.26 Å². The summed E-state index contributed by atoms with van der Waals surface area (Å²) in [6.07, 6.45) is -4.54. The van der Waals surface area contributed by atoms with E-state index in [9.17, 15) is 31.0 Å². The highest BCUT2D eigenvalue weighted by molar-refractivity contribution is 7.93. The molecule has 2 unspecified atom stereocenters. The summed E-state index contributed by atoms with van der Waals surface area (Å²) < 4.78 is 86.6. The molecule has 3 aromatic carbocycles. The Kier molecular flexibility index (Phi) is 7.32. The quantitative estimate of drug-likeness (QED) is 0.296. The average molecular weight is 591 g/mol. The third kappa shape index (κ3) is 5.27. The molecule has 1 amide bonds. The Labute approximate surface area is 224 Å². The molecule has 1 aliphatic heterocycles. The van der Waals surface area contributed by atoms with Gasteiger partial charge in [0.05, 0.1) is 20.3 Å². The van der Waals surface area contributed by atoms with E-state index in [1.54, 1.807) is 0 Å². The minimum Gasteiger partial charge on any atom is -0.374 e. The van der Waals surface area contributed by atoms with E-state index in [4.69, 9.17) is 28.0 Å². The highest BCUT2D eigenvalue weighted by atomic mass is 35.5. The second-order valence-corrected chi connectivity index (χ2v) is 11.7. The van der Waals surface area contributed by atoms with Crippen molar-refractivity contribution in [1.82, 2.24) is 0 Å². The summed E-state index contributed by atoms with van der Waals surface area (Å²) in [5.41, 5.74) is -2.71. The van der Waals surface area contributed by atoms with Crippen LogP contribution in [-0.4, -0.2) is 28.3 Å². The number of hydrogen-bond donors (Lipinski definition) is 0. The van der Waals surface area contributed by atoms with Gasteiger partial charge in [-0.25, -0.2) is 13.0 Å². The molecule has 2 atom stereocenters. The molecular formula is C25H17Cl2F5N2O3S. The minimum atomic E-state index is -4.88. The third-order valence-electron chi connectivity index (χ3n) is 5.86. The van der Waals surface area contributed by atoms with E-state index < -0.39 is 50.4 Å². The summed E-state index contributed by atoms with van der Waals surface area (Å²) in [5, 5.41) is 3.66. The van der Waals surface area contributed by atoms with Crippen LogP contribution in [0.1, 0.15) is 33.5 Å². The predicted molar refractivity (Wildman–Crippen MR) is 133 cm³/mol. The summed E-state index contributed by atoms with van der Waals surface area (Å²) in [6.45, 7) is 1.49. The zero-order valence-electron chi connectivity index (χ0n) is 19.6. The van der Waals surface area contributed by atoms with E-state index in [-0.39, 0.29) is 38.0 Å². The van der Waals surface area contributed by atoms with Crippen LogP contribution < -0.4 is 0 Å². The van der Waals surface area contributed by atoms with Crippen molar-refractivity contribution in [1.29, 1.82) is 0 Å². The van der Waals surface area contributed by atoms with Gasteiger partial charge in [-0.2, -0.15) is 17.5 Å². The highest BCUT2D eigenvalue weighted by Crippen LogP contribution is 2.49. The molecule has 0 fully saturated rings. The van der Waals surface area contributed by atoms with Crippen molar-refractivity contribution in [3.05, 3.63) is 98.5 Å². The van der Waals surface area contributed by atoms with Gasteiger partial charge in [0.15, 0.2) is 0 Å². The van der Waals surface area contributed by atoms with Gasteiger partial charge in [0.25, 0.3) is 11.5 Å². The first-order chi connectivity index (χ1) is 17.6. The van der Waals surface area contributed by atoms with Crippen molar-refractivity contribution < 1.29 is 35.8 Å². The molecule has 0 aliphatic carbocycles. The second kappa shape index (κ2) is 9.94. The van der Waals surface area contributed by atoms with Crippen LogP contribution in [-0.2, 0) is 20.2 Å². The van der Waals surface area contributed by atoms with Crippen molar-refractivity contribution in [3.63, 3.8) is 0 Å². The van der Waals surface area contributed by atoms with Crippen LogP contribution in [0.2, 0.25) is 10.0 Å². The maximum Gasteiger partial charge on any atom is 0.435 e. The Morgan fingerprint density at radius 3 is 2.29 bits per heavy atom. The van der Waals surface area contributed by atoms with Crippen LogP contribution in [0.3, 0.4) is 0 Å². The maximum absolute atomic E-state index is 14.2. The summed E-state index contributed by atoms with van der Waals surface area (Å²) >= 11 is 11.8. The smallest absolute Gasteiger partial charge is 0.374 e. The zero-order valence-corrected chi connectivity index (χ0v) is 21.9. The van der Waals surface area contributed by atoms with E-state index in [0.717, 1.165) is 30.5 Å². The minimum absolute atomic E-state index is 0.0105. The number of amides is 1. The molecule has 200 valence electrons. The summed E-state index contributed by atoms with van der Waals surface area (Å²) in [7, 11) is -3.57. The van der Waals surface area contributed by atoms with Gasteiger partial charge < -0.3 is 4.84 Å². The number of nitrogens with zero attached hydrogens (tertiary/aromatic N) is 2. The van der Waals surface area contributed by atoms with Crippen molar-refractivity contribution >= 4 is 44.5 Å². The molecule has 1 heterocycles. The van der Waals surface area contributed by atoms with Gasteiger partial charge in [-0.05, 0) is 60.5 Å². The number of oxime groups is 1. The summed E-state index contributed by atoms with van der Waals surface area (Å²) in [5.74, 6) is -2.95. The first kappa shape index (κ1) is 28.0. The molecule has 4 rings (SSSR count). The van der Waals surface area contributed by atoms with Gasteiger partial charge in [0.1, 0.15) is 11.6 Å². The van der Waals surface area contributed by atoms with Crippen molar-refractivity contribution in [2.45, 2.75) is 30.0 Å². The average Bonchev–Trinajstić information content (AvgIpc) is 3.25. The lowest BCUT2D eigenvalue weighted by atomic mass is 9.86. The number of alkyl halides is 3. The Morgan fingerprint density at radius 1 is 1.05 bits per heavy atom. The molecule has 0 radical (unpaired) electrons. The Hall–Kier alpha value is -3.02. The van der Waals surface area contributed by atoms with Gasteiger partial charge in [0, 0.05) is 39.9 Å². The maximum atomic E-state index is 14.2. The van der Waals surface area contributed by atoms with Gasteiger partial charge in [-0.3, -0.25) is 4.79 Å². The van der Waals surface area contributed by atoms with E-state index in [1.807, 2.05) is 0 Å². The second-order valence-electron chi connectivity index (χ2n) is 8.59. The van der Waals surface area contributed by atoms with Gasteiger partial charge in [-0.1, -0.05) is 34.4 Å². The van der Waals surface area contributed by atoms with Crippen LogP contribution in [0, 0.1) is 18.6 Å². The van der Waals surface area contributed by atoms with E-state index >= 15 is 0 Å². The number of benzene rings is 3. The fourth-order valence-corrected chi connectivity index (χ4v) is 5.75. The molecular weight excluding hydrogens is 574 g/mol. The molecule has 0 aromatic heterocycles. The Balaban J connectivity index is 1.65. The lowest BCUT2D eigenvalue weighted by Crippen LogP contribution is -2.42. The van der Waals surface area contributed by atoms with Crippen LogP contribution >= 0.6 is 23.2 Å². The zero-order chi connectivity index (χ0) is 28.0. The Morgan fingerprint density at radius 2 is 1.71 bits per heavy atom. The normalized spacial score (nSPS) is 18.9. The summed E-state index contributed by atoms with van der Waals surface area (Å²) in [4.78, 5) is 17.3. The van der Waals surface area contributed by atoms with Gasteiger partial charge >= 0.3 is 6.18 Å². The largest absolute Gasteiger partial charge is 0.435 e. The lowest BCUT2D eigenvalue weighted by Gasteiger charge is -2.29. The number of hydrogen-bond acceptors (Lipinski definition) is 4. The topological polar surface area (TPSA) is 68.1 Å². The predicted octanol–water partition coefficient (Wildman–Crippen LogP) is 7.46. The first-order valence-electron chi connectivity index (χ1n) is 10.7. The van der Waals surface area contributed by atoms with Crippen LogP contribution in [0.15, 0.2) is 69.0 Å². The molecule has 38 heavy (non-hydrogen) atoms. The number of rotatable bonds is 4.